The van der Waals surface area contributed by atoms with Gasteiger partial charge in [0.05, 0.1) is 4.47 Å². The smallest absolute Gasteiger partial charge is 0.276 e. The molecule has 0 aliphatic rings. The summed E-state index contributed by atoms with van der Waals surface area (Å²) in [6, 6.07) is 5.85. The van der Waals surface area contributed by atoms with Crippen LogP contribution in [0.5, 0.6) is 5.75 Å². The molecule has 1 aromatic rings. The molecule has 182 valence electrons. The number of ether oxygens (including phenoxy) is 1. The quantitative estimate of drug-likeness (QED) is 0.197. The molecule has 32 heavy (non-hydrogen) atoms. The second-order valence-electron chi connectivity index (χ2n) is 9.57. The van der Waals surface area contributed by atoms with E-state index in [0.717, 1.165) is 17.3 Å². The van der Waals surface area contributed by atoms with Gasteiger partial charge in [-0.1, -0.05) is 98.0 Å². The molecule has 0 atom stereocenters. The van der Waals surface area contributed by atoms with E-state index in [2.05, 4.69) is 54.5 Å². The molecule has 0 fully saturated rings. The Balaban J connectivity index is 2.08. The van der Waals surface area contributed by atoms with Crippen molar-refractivity contribution >= 4 is 27.7 Å². The van der Waals surface area contributed by atoms with Crippen LogP contribution >= 0.6 is 15.9 Å². The van der Waals surface area contributed by atoms with Crippen LogP contribution in [0.2, 0.25) is 0 Å². The van der Waals surface area contributed by atoms with E-state index in [1.54, 1.807) is 0 Å². The van der Waals surface area contributed by atoms with Crippen molar-refractivity contribution < 1.29 is 14.3 Å². The van der Waals surface area contributed by atoms with E-state index < -0.39 is 0 Å². The van der Waals surface area contributed by atoms with Crippen molar-refractivity contribution in [2.45, 2.75) is 110 Å². The summed E-state index contributed by atoms with van der Waals surface area (Å²) in [7, 11) is 0. The summed E-state index contributed by atoms with van der Waals surface area (Å²) in [5, 5.41) is 0. The van der Waals surface area contributed by atoms with Crippen molar-refractivity contribution in [1.82, 2.24) is 10.9 Å². The third kappa shape index (κ3) is 13.1. The molecular weight excluding hydrogens is 468 g/mol. The fraction of sp³-hybridized carbons (Fsp3) is 0.692. The van der Waals surface area contributed by atoms with Gasteiger partial charge in [0, 0.05) is 6.42 Å². The third-order valence-electron chi connectivity index (χ3n) is 5.51. The standard InChI is InChI=1S/C26H43BrN2O3/c1-5-6-7-8-9-10-11-12-13-14-15-16-24(30)28-29-25(31)20-32-23-18-17-21(19-22(23)27)26(2,3)4/h17-19H,5-16,20H2,1-4H3,(H,28,30)(H,29,31). The van der Waals surface area contributed by atoms with Crippen LogP contribution in [0.1, 0.15) is 110 Å². The molecule has 5 nitrogen and oxygen atoms in total. The second-order valence-corrected chi connectivity index (χ2v) is 10.4. The molecule has 2 N–H and O–H groups in total. The third-order valence-corrected chi connectivity index (χ3v) is 6.13. The average Bonchev–Trinajstić information content (AvgIpc) is 2.74. The lowest BCUT2D eigenvalue weighted by molar-refractivity contribution is -0.130. The van der Waals surface area contributed by atoms with Crippen LogP contribution < -0.4 is 15.6 Å². The largest absolute Gasteiger partial charge is 0.483 e. The highest BCUT2D eigenvalue weighted by Gasteiger charge is 2.15. The zero-order valence-corrected chi connectivity index (χ0v) is 22.1. The van der Waals surface area contributed by atoms with Gasteiger partial charge in [0.15, 0.2) is 6.61 Å². The van der Waals surface area contributed by atoms with Crippen LogP contribution in [0.4, 0.5) is 0 Å². The first-order chi connectivity index (χ1) is 15.2. The first-order valence-electron chi connectivity index (χ1n) is 12.2. The number of hydrogen-bond acceptors (Lipinski definition) is 3. The van der Waals surface area contributed by atoms with Gasteiger partial charge >= 0.3 is 0 Å². The van der Waals surface area contributed by atoms with E-state index in [4.69, 9.17) is 4.74 Å². The molecule has 1 rings (SSSR count). The summed E-state index contributed by atoms with van der Waals surface area (Å²) in [6.07, 6.45) is 14.1. The van der Waals surface area contributed by atoms with Crippen molar-refractivity contribution in [3.8, 4) is 5.75 Å². The summed E-state index contributed by atoms with van der Waals surface area (Å²) in [4.78, 5) is 23.8. The van der Waals surface area contributed by atoms with E-state index in [0.29, 0.717) is 12.2 Å². The number of carbonyl (C=O) groups excluding carboxylic acids is 2. The fourth-order valence-corrected chi connectivity index (χ4v) is 3.91. The zero-order chi connectivity index (χ0) is 23.8. The number of unbranched alkanes of at least 4 members (excludes halogenated alkanes) is 10. The van der Waals surface area contributed by atoms with Crippen LogP contribution in [0.15, 0.2) is 22.7 Å². The van der Waals surface area contributed by atoms with E-state index in [-0.39, 0.29) is 23.8 Å². The van der Waals surface area contributed by atoms with Gasteiger partial charge in [-0.05, 0) is 45.5 Å². The molecule has 2 amide bonds. The number of amides is 2. The molecule has 0 saturated heterocycles. The second kappa shape index (κ2) is 16.1. The van der Waals surface area contributed by atoms with Crippen molar-refractivity contribution in [3.05, 3.63) is 28.2 Å². The summed E-state index contributed by atoms with van der Waals surface area (Å²) < 4.78 is 6.36. The van der Waals surface area contributed by atoms with Crippen molar-refractivity contribution in [2.24, 2.45) is 0 Å². The number of hydrazine groups is 1. The minimum absolute atomic E-state index is 0.0383. The van der Waals surface area contributed by atoms with Crippen molar-refractivity contribution in [2.75, 3.05) is 6.61 Å². The predicted molar refractivity (Wildman–Crippen MR) is 136 cm³/mol. The Morgan fingerprint density at radius 3 is 1.91 bits per heavy atom. The van der Waals surface area contributed by atoms with Crippen LogP contribution in [0.3, 0.4) is 0 Å². The number of benzene rings is 1. The van der Waals surface area contributed by atoms with E-state index in [1.165, 1.54) is 63.4 Å². The highest BCUT2D eigenvalue weighted by Crippen LogP contribution is 2.31. The van der Waals surface area contributed by atoms with Gasteiger partial charge in [0.1, 0.15) is 5.75 Å². The number of carbonyl (C=O) groups is 2. The average molecular weight is 512 g/mol. The minimum Gasteiger partial charge on any atom is -0.483 e. The van der Waals surface area contributed by atoms with E-state index >= 15 is 0 Å². The van der Waals surface area contributed by atoms with Crippen LogP contribution in [0.25, 0.3) is 0 Å². The Morgan fingerprint density at radius 2 is 1.38 bits per heavy atom. The molecule has 0 unspecified atom stereocenters. The molecule has 0 aliphatic heterocycles. The maximum atomic E-state index is 12.0. The van der Waals surface area contributed by atoms with Gasteiger partial charge in [-0.2, -0.15) is 0 Å². The Kier molecular flexibility index (Phi) is 14.3. The SMILES string of the molecule is CCCCCCCCCCCCCC(=O)NNC(=O)COc1ccc(C(C)(C)C)cc1Br. The highest BCUT2D eigenvalue weighted by atomic mass is 79.9. The first kappa shape index (κ1) is 28.5. The van der Waals surface area contributed by atoms with Crippen LogP contribution in [-0.4, -0.2) is 18.4 Å². The van der Waals surface area contributed by atoms with Gasteiger partial charge < -0.3 is 4.74 Å². The number of halogens is 1. The van der Waals surface area contributed by atoms with Crippen molar-refractivity contribution in [3.63, 3.8) is 0 Å². The molecule has 0 radical (unpaired) electrons. The van der Waals surface area contributed by atoms with Gasteiger partial charge in [0.2, 0.25) is 5.91 Å². The lowest BCUT2D eigenvalue weighted by Crippen LogP contribution is -2.43. The Bertz CT molecular complexity index is 686. The maximum absolute atomic E-state index is 12.0. The molecule has 0 heterocycles. The normalized spacial score (nSPS) is 11.3. The van der Waals surface area contributed by atoms with E-state index in [9.17, 15) is 9.59 Å². The molecule has 1 aromatic carbocycles. The predicted octanol–water partition coefficient (Wildman–Crippen LogP) is 6.97. The number of rotatable bonds is 15. The monoisotopic (exact) mass is 510 g/mol. The molecule has 0 spiro atoms. The summed E-state index contributed by atoms with van der Waals surface area (Å²) in [5.74, 6) is 0.0505. The lowest BCUT2D eigenvalue weighted by Gasteiger charge is -2.20. The Labute approximate surface area is 203 Å². The van der Waals surface area contributed by atoms with E-state index in [1.807, 2.05) is 18.2 Å². The van der Waals surface area contributed by atoms with Crippen molar-refractivity contribution in [1.29, 1.82) is 0 Å². The molecule has 0 aromatic heterocycles. The number of hydrogen-bond donors (Lipinski definition) is 2. The zero-order valence-electron chi connectivity index (χ0n) is 20.5. The Hall–Kier alpha value is -1.56. The van der Waals surface area contributed by atoms with Gasteiger partial charge in [-0.3, -0.25) is 20.4 Å². The first-order valence-corrected chi connectivity index (χ1v) is 13.0. The van der Waals surface area contributed by atoms with Gasteiger partial charge in [-0.15, -0.1) is 0 Å². The Morgan fingerprint density at radius 1 is 0.844 bits per heavy atom. The number of nitrogens with one attached hydrogen (secondary N) is 2. The van der Waals surface area contributed by atoms with Gasteiger partial charge in [-0.25, -0.2) is 0 Å². The topological polar surface area (TPSA) is 67.4 Å². The molecule has 0 bridgehead atoms. The highest BCUT2D eigenvalue weighted by molar-refractivity contribution is 9.10. The summed E-state index contributed by atoms with van der Waals surface area (Å²) in [6.45, 7) is 8.51. The minimum atomic E-state index is -0.385. The summed E-state index contributed by atoms with van der Waals surface area (Å²) >= 11 is 3.49. The maximum Gasteiger partial charge on any atom is 0.276 e. The lowest BCUT2D eigenvalue weighted by atomic mass is 9.87. The fourth-order valence-electron chi connectivity index (χ4n) is 3.42. The molecular formula is C26H43BrN2O3. The summed E-state index contributed by atoms with van der Waals surface area (Å²) in [5.41, 5.74) is 6.10. The molecule has 0 saturated carbocycles. The molecule has 6 heteroatoms. The van der Waals surface area contributed by atoms with Crippen LogP contribution in [0, 0.1) is 0 Å². The van der Waals surface area contributed by atoms with Crippen LogP contribution in [-0.2, 0) is 15.0 Å². The van der Waals surface area contributed by atoms with Gasteiger partial charge in [0.25, 0.3) is 5.91 Å². The molecule has 0 aliphatic carbocycles.